The first-order chi connectivity index (χ1) is 23.3. The zero-order chi connectivity index (χ0) is 31.1. The number of nitrogens with zero attached hydrogens (tertiary/aromatic N) is 2. The molecule has 0 spiro atoms. The Balaban J connectivity index is 1.10. The molecule has 4 aliphatic carbocycles. The summed E-state index contributed by atoms with van der Waals surface area (Å²) in [6, 6.07) is 26.7. The van der Waals surface area contributed by atoms with Crippen molar-refractivity contribution >= 4 is 31.5 Å². The molecule has 3 nitrogen and oxygen atoms in total. The Morgan fingerprint density at radius 3 is 2.66 bits per heavy atom. The molecule has 10 rings (SSSR count). The second kappa shape index (κ2) is 10.7. The van der Waals surface area contributed by atoms with Crippen LogP contribution in [-0.2, 0) is 6.42 Å². The summed E-state index contributed by atoms with van der Waals surface area (Å²) in [6.45, 7) is 2.61. The van der Waals surface area contributed by atoms with Crippen LogP contribution < -0.4 is 9.64 Å². The van der Waals surface area contributed by atoms with Gasteiger partial charge in [0.2, 0.25) is 0 Å². The van der Waals surface area contributed by atoms with E-state index in [2.05, 4.69) is 143 Å². The van der Waals surface area contributed by atoms with Crippen LogP contribution in [0.5, 0.6) is 5.75 Å². The maximum absolute atomic E-state index is 6.79. The molecule has 0 bridgehead atoms. The van der Waals surface area contributed by atoms with E-state index in [1.165, 1.54) is 50.5 Å². The van der Waals surface area contributed by atoms with E-state index >= 15 is 0 Å². The van der Waals surface area contributed by atoms with Crippen LogP contribution in [0, 0.1) is 11.8 Å². The van der Waals surface area contributed by atoms with E-state index in [4.69, 9.17) is 4.74 Å². The number of fused-ring (bicyclic) bond motifs is 10. The Morgan fingerprint density at radius 2 is 1.77 bits per heavy atom. The average Bonchev–Trinajstić information content (AvgIpc) is 3.77. The van der Waals surface area contributed by atoms with E-state index in [0.717, 1.165) is 37.9 Å². The summed E-state index contributed by atoms with van der Waals surface area (Å²) in [5.41, 5.74) is 11.4. The summed E-state index contributed by atoms with van der Waals surface area (Å²) in [5, 5.41) is 3.15. The predicted molar refractivity (Wildman–Crippen MR) is 197 cm³/mol. The van der Waals surface area contributed by atoms with Crippen LogP contribution in [0.3, 0.4) is 0 Å². The SMILES string of the molecule is C[SiH]1C2=CCC3c4ccccc4OC3C2C2C=CC(N(C3=CC=CCC3)c3cccc4c3c3c(n4-c4ccccc4)C=CCC3)=CC21. The first-order valence-corrected chi connectivity index (χ1v) is 20.1. The third-order valence-corrected chi connectivity index (χ3v) is 15.3. The molecule has 6 unspecified atom stereocenters. The van der Waals surface area contributed by atoms with E-state index in [1.54, 1.807) is 5.20 Å². The second-order valence-corrected chi connectivity index (χ2v) is 17.2. The van der Waals surface area contributed by atoms with Crippen LogP contribution in [0.4, 0.5) is 5.69 Å². The van der Waals surface area contributed by atoms with Gasteiger partial charge in [0.05, 0.1) is 20.0 Å². The van der Waals surface area contributed by atoms with Gasteiger partial charge < -0.3 is 14.2 Å². The smallest absolute Gasteiger partial charge is 0.123 e. The van der Waals surface area contributed by atoms with Gasteiger partial charge in [0, 0.05) is 45.6 Å². The minimum atomic E-state index is -1.22. The Bertz CT molecular complexity index is 2110. The van der Waals surface area contributed by atoms with Gasteiger partial charge in [0.1, 0.15) is 11.9 Å². The van der Waals surface area contributed by atoms with Crippen molar-refractivity contribution in [1.29, 1.82) is 0 Å². The van der Waals surface area contributed by atoms with Crippen molar-refractivity contribution in [3.05, 3.63) is 155 Å². The Morgan fingerprint density at radius 1 is 0.894 bits per heavy atom. The first-order valence-electron chi connectivity index (χ1n) is 17.7. The highest BCUT2D eigenvalue weighted by Crippen LogP contribution is 2.58. The summed E-state index contributed by atoms with van der Waals surface area (Å²) >= 11 is 0. The van der Waals surface area contributed by atoms with Gasteiger partial charge in [-0.05, 0) is 97.7 Å². The molecule has 0 radical (unpaired) electrons. The molecule has 6 atom stereocenters. The lowest BCUT2D eigenvalue weighted by molar-refractivity contribution is 0.131. The second-order valence-electron chi connectivity index (χ2n) is 14.2. The molecule has 0 amide bonds. The Labute approximate surface area is 279 Å². The molecule has 2 aliphatic heterocycles. The van der Waals surface area contributed by atoms with Crippen molar-refractivity contribution in [2.45, 2.75) is 56.2 Å². The lowest BCUT2D eigenvalue weighted by atomic mass is 9.73. The number of para-hydroxylation sites is 2. The van der Waals surface area contributed by atoms with E-state index in [1.807, 2.05) is 0 Å². The number of rotatable bonds is 4. The van der Waals surface area contributed by atoms with Gasteiger partial charge in [-0.3, -0.25) is 0 Å². The van der Waals surface area contributed by atoms with Crippen LogP contribution in [0.1, 0.15) is 48.4 Å². The predicted octanol–water partition coefficient (Wildman–Crippen LogP) is 9.97. The minimum Gasteiger partial charge on any atom is -0.489 e. The number of benzene rings is 3. The molecule has 0 N–H and O–H groups in total. The Kier molecular flexibility index (Phi) is 6.30. The van der Waals surface area contributed by atoms with Crippen LogP contribution in [0.15, 0.2) is 138 Å². The van der Waals surface area contributed by atoms with Crippen molar-refractivity contribution in [3.8, 4) is 11.4 Å². The molecule has 1 fully saturated rings. The molecule has 4 aromatic rings. The normalized spacial score (nSPS) is 28.0. The van der Waals surface area contributed by atoms with Crippen molar-refractivity contribution in [2.24, 2.45) is 11.8 Å². The van der Waals surface area contributed by atoms with Crippen molar-refractivity contribution in [3.63, 3.8) is 0 Å². The van der Waals surface area contributed by atoms with Crippen LogP contribution >= 0.6 is 0 Å². The van der Waals surface area contributed by atoms with Crippen molar-refractivity contribution in [1.82, 2.24) is 4.57 Å². The molecule has 1 aromatic heterocycles. The topological polar surface area (TPSA) is 17.4 Å². The van der Waals surface area contributed by atoms with Crippen molar-refractivity contribution in [2.75, 3.05) is 4.90 Å². The molecule has 1 saturated heterocycles. The minimum absolute atomic E-state index is 0.269. The summed E-state index contributed by atoms with van der Waals surface area (Å²) in [5.74, 6) is 2.61. The molecule has 3 heterocycles. The third-order valence-electron chi connectivity index (χ3n) is 11.9. The highest BCUT2D eigenvalue weighted by Gasteiger charge is 2.54. The highest BCUT2D eigenvalue weighted by molar-refractivity contribution is 6.69. The third kappa shape index (κ3) is 4.10. The molecule has 4 heteroatoms. The van der Waals surface area contributed by atoms with Gasteiger partial charge in [-0.15, -0.1) is 0 Å². The molecule has 6 aliphatic rings. The molecule has 232 valence electrons. The number of hydrogen-bond acceptors (Lipinski definition) is 2. The van der Waals surface area contributed by atoms with E-state index in [9.17, 15) is 0 Å². The number of allylic oxidation sites excluding steroid dienone is 9. The standard InChI is InChI=1S/C43H40N2OSi/c1-47-39-26-25-32-31-17-9-11-22-38(31)46-43(32)42(39)34-24-23-30(27-40(34)47)44(28-13-4-2-5-14-28)36-20-12-21-37-41(36)33-18-8-10-19-35(33)45(37)29-15-6-3-7-16-29/h2-4,6-7,9-13,15-17,19-24,26-27,32,34,40,42-43,47H,5,8,14,18,25H2,1H3. The quantitative estimate of drug-likeness (QED) is 0.209. The number of anilines is 1. The summed E-state index contributed by atoms with van der Waals surface area (Å²) in [7, 11) is -1.22. The van der Waals surface area contributed by atoms with Crippen LogP contribution in [-0.4, -0.2) is 19.5 Å². The highest BCUT2D eigenvalue weighted by atomic mass is 28.3. The van der Waals surface area contributed by atoms with Gasteiger partial charge in [-0.1, -0.05) is 90.7 Å². The van der Waals surface area contributed by atoms with Crippen LogP contribution in [0.2, 0.25) is 12.1 Å². The number of aryl methyl sites for hydroxylation is 1. The summed E-state index contributed by atoms with van der Waals surface area (Å²) < 4.78 is 9.28. The summed E-state index contributed by atoms with van der Waals surface area (Å²) in [4.78, 5) is 2.63. The fourth-order valence-corrected chi connectivity index (χ4v) is 13.4. The zero-order valence-electron chi connectivity index (χ0n) is 26.9. The van der Waals surface area contributed by atoms with E-state index in [-0.39, 0.29) is 6.10 Å². The van der Waals surface area contributed by atoms with Gasteiger partial charge in [-0.2, -0.15) is 0 Å². The lowest BCUT2D eigenvalue weighted by Gasteiger charge is -2.36. The number of hydrogen-bond donors (Lipinski definition) is 0. The fraction of sp³-hybridized carbons (Fsp3) is 0.256. The van der Waals surface area contributed by atoms with Crippen LogP contribution in [0.25, 0.3) is 22.7 Å². The first kappa shape index (κ1) is 27.6. The molecule has 47 heavy (non-hydrogen) atoms. The Hall–Kier alpha value is -4.54. The number of aromatic nitrogens is 1. The molecular formula is C43H40N2OSi. The maximum Gasteiger partial charge on any atom is 0.123 e. The van der Waals surface area contributed by atoms with Crippen molar-refractivity contribution < 1.29 is 4.74 Å². The maximum atomic E-state index is 6.79. The summed E-state index contributed by atoms with van der Waals surface area (Å²) in [6.07, 6.45) is 27.7. The average molecular weight is 629 g/mol. The van der Waals surface area contributed by atoms with E-state index in [0.29, 0.717) is 23.3 Å². The number of ether oxygens (including phenoxy) is 1. The zero-order valence-corrected chi connectivity index (χ0v) is 28.1. The molecule has 0 saturated carbocycles. The van der Waals surface area contributed by atoms with Gasteiger partial charge in [-0.25, -0.2) is 0 Å². The lowest BCUT2D eigenvalue weighted by Crippen LogP contribution is -2.35. The van der Waals surface area contributed by atoms with Gasteiger partial charge in [0.15, 0.2) is 0 Å². The van der Waals surface area contributed by atoms with E-state index < -0.39 is 8.80 Å². The molecular weight excluding hydrogens is 589 g/mol. The van der Waals surface area contributed by atoms with Gasteiger partial charge in [0.25, 0.3) is 0 Å². The largest absolute Gasteiger partial charge is 0.489 e. The fourth-order valence-electron chi connectivity index (χ4n) is 9.86. The molecule has 3 aromatic carbocycles. The monoisotopic (exact) mass is 628 g/mol. The van der Waals surface area contributed by atoms with Gasteiger partial charge >= 0.3 is 0 Å².